The van der Waals surface area contributed by atoms with E-state index in [0.717, 1.165) is 24.0 Å². The minimum atomic E-state index is -0.329. The number of rotatable bonds is 7. The number of amides is 2. The third-order valence-corrected chi connectivity index (χ3v) is 5.41. The third kappa shape index (κ3) is 3.75. The lowest BCUT2D eigenvalue weighted by Gasteiger charge is -2.18. The summed E-state index contributed by atoms with van der Waals surface area (Å²) in [5.74, 6) is -0.975. The molecule has 0 N–H and O–H groups in total. The predicted molar refractivity (Wildman–Crippen MR) is 106 cm³/mol. The highest BCUT2D eigenvalue weighted by Crippen LogP contribution is 2.28. The van der Waals surface area contributed by atoms with Gasteiger partial charge in [-0.2, -0.15) is 0 Å². The normalized spacial score (nSPS) is 18.9. The number of carbonyl (C=O) groups excluding carboxylic acids is 4. The Balaban J connectivity index is 1.71. The minimum absolute atomic E-state index is 0.0339. The van der Waals surface area contributed by atoms with Crippen LogP contribution in [0.5, 0.6) is 0 Å². The molecule has 0 saturated carbocycles. The van der Waals surface area contributed by atoms with Crippen molar-refractivity contribution in [3.05, 3.63) is 58.2 Å². The molecule has 0 aromatic heterocycles. The number of fused-ring (bicyclic) bond motifs is 1. The maximum Gasteiger partial charge on any atom is 0.261 e. The van der Waals surface area contributed by atoms with Crippen molar-refractivity contribution in [3.8, 4) is 0 Å². The van der Waals surface area contributed by atoms with Gasteiger partial charge in [-0.1, -0.05) is 31.1 Å². The van der Waals surface area contributed by atoms with Crippen LogP contribution in [0.2, 0.25) is 0 Å². The SMILES string of the molecule is CCCCN1C(=O)c2ccc(C(=O)CCC3C(=O)C=C(C)C=C3C)cc2C1=O. The van der Waals surface area contributed by atoms with Crippen LogP contribution >= 0.6 is 0 Å². The maximum absolute atomic E-state index is 12.7. The quantitative estimate of drug-likeness (QED) is 0.527. The van der Waals surface area contributed by atoms with Gasteiger partial charge in [0.25, 0.3) is 11.8 Å². The third-order valence-electron chi connectivity index (χ3n) is 5.41. The number of hydrogen-bond donors (Lipinski definition) is 0. The fourth-order valence-electron chi connectivity index (χ4n) is 3.82. The number of benzene rings is 1. The van der Waals surface area contributed by atoms with Crippen LogP contribution in [0.15, 0.2) is 41.5 Å². The van der Waals surface area contributed by atoms with Gasteiger partial charge in [0.2, 0.25) is 0 Å². The van der Waals surface area contributed by atoms with Crippen LogP contribution in [0.25, 0.3) is 0 Å². The lowest BCUT2D eigenvalue weighted by atomic mass is 9.84. The van der Waals surface area contributed by atoms with Crippen LogP contribution in [-0.4, -0.2) is 34.8 Å². The van der Waals surface area contributed by atoms with E-state index in [4.69, 9.17) is 0 Å². The molecule has 0 saturated heterocycles. The van der Waals surface area contributed by atoms with Gasteiger partial charge in [-0.05, 0) is 50.5 Å². The first kappa shape index (κ1) is 19.9. The Kier molecular flexibility index (Phi) is 5.73. The topological polar surface area (TPSA) is 71.5 Å². The van der Waals surface area contributed by atoms with Crippen molar-refractivity contribution in [2.75, 3.05) is 6.54 Å². The number of unbranched alkanes of at least 4 members (excludes halogenated alkanes) is 1. The number of ketones is 2. The molecule has 1 atom stereocenters. The molecule has 0 fully saturated rings. The molecule has 1 aliphatic carbocycles. The fourth-order valence-corrected chi connectivity index (χ4v) is 3.82. The number of Topliss-reactive ketones (excluding diaryl/α,β-unsaturated/α-hetero) is 1. The molecule has 2 aliphatic rings. The predicted octanol–water partition coefficient (Wildman–Crippen LogP) is 4.14. The Morgan fingerprint density at radius 3 is 2.43 bits per heavy atom. The van der Waals surface area contributed by atoms with E-state index in [1.165, 1.54) is 11.0 Å². The number of nitrogens with zero attached hydrogens (tertiary/aromatic N) is 1. The van der Waals surface area contributed by atoms with Crippen molar-refractivity contribution >= 4 is 23.4 Å². The number of carbonyl (C=O) groups is 4. The van der Waals surface area contributed by atoms with Gasteiger partial charge in [-0.15, -0.1) is 0 Å². The van der Waals surface area contributed by atoms with E-state index < -0.39 is 0 Å². The monoisotopic (exact) mass is 379 g/mol. The molecule has 28 heavy (non-hydrogen) atoms. The summed E-state index contributed by atoms with van der Waals surface area (Å²) < 4.78 is 0. The van der Waals surface area contributed by atoms with Gasteiger partial charge in [0.1, 0.15) is 0 Å². The van der Waals surface area contributed by atoms with Crippen LogP contribution < -0.4 is 0 Å². The van der Waals surface area contributed by atoms with E-state index in [1.54, 1.807) is 18.2 Å². The Morgan fingerprint density at radius 1 is 1.04 bits per heavy atom. The summed E-state index contributed by atoms with van der Waals surface area (Å²) in [4.78, 5) is 51.1. The molecular weight excluding hydrogens is 354 g/mol. The molecule has 1 unspecified atom stereocenters. The Hall–Kier alpha value is -2.82. The van der Waals surface area contributed by atoms with Crippen molar-refractivity contribution in [1.82, 2.24) is 4.90 Å². The van der Waals surface area contributed by atoms with Crippen LogP contribution in [0.3, 0.4) is 0 Å². The highest BCUT2D eigenvalue weighted by Gasteiger charge is 2.35. The van der Waals surface area contributed by atoms with E-state index >= 15 is 0 Å². The van der Waals surface area contributed by atoms with Crippen molar-refractivity contribution in [1.29, 1.82) is 0 Å². The molecule has 5 nitrogen and oxygen atoms in total. The molecule has 1 aromatic carbocycles. The number of imide groups is 1. The van der Waals surface area contributed by atoms with Gasteiger partial charge in [0.05, 0.1) is 11.1 Å². The Morgan fingerprint density at radius 2 is 1.75 bits per heavy atom. The van der Waals surface area contributed by atoms with Crippen molar-refractivity contribution < 1.29 is 19.2 Å². The summed E-state index contributed by atoms with van der Waals surface area (Å²) >= 11 is 0. The molecule has 0 spiro atoms. The van der Waals surface area contributed by atoms with Gasteiger partial charge in [0, 0.05) is 24.4 Å². The average molecular weight is 379 g/mol. The van der Waals surface area contributed by atoms with Crippen LogP contribution in [0.1, 0.15) is 77.5 Å². The first-order chi connectivity index (χ1) is 13.3. The van der Waals surface area contributed by atoms with Crippen LogP contribution in [-0.2, 0) is 4.79 Å². The largest absolute Gasteiger partial charge is 0.294 e. The highest BCUT2D eigenvalue weighted by molar-refractivity contribution is 6.22. The smallest absolute Gasteiger partial charge is 0.261 e. The maximum atomic E-state index is 12.7. The first-order valence-corrected chi connectivity index (χ1v) is 9.77. The Bertz CT molecular complexity index is 923. The number of allylic oxidation sites excluding steroid dienone is 4. The minimum Gasteiger partial charge on any atom is -0.294 e. The molecule has 5 heteroatoms. The van der Waals surface area contributed by atoms with Crippen LogP contribution in [0.4, 0.5) is 0 Å². The van der Waals surface area contributed by atoms with Crippen molar-refractivity contribution in [2.24, 2.45) is 5.92 Å². The van der Waals surface area contributed by atoms with E-state index in [-0.39, 0.29) is 35.7 Å². The van der Waals surface area contributed by atoms with Gasteiger partial charge >= 0.3 is 0 Å². The second-order valence-corrected chi connectivity index (χ2v) is 7.57. The molecule has 1 aliphatic heterocycles. The second kappa shape index (κ2) is 8.05. The van der Waals surface area contributed by atoms with Crippen molar-refractivity contribution in [2.45, 2.75) is 46.5 Å². The summed E-state index contributed by atoms with van der Waals surface area (Å²) in [6.45, 7) is 6.19. The molecule has 1 aromatic rings. The molecule has 0 radical (unpaired) electrons. The molecule has 1 heterocycles. The second-order valence-electron chi connectivity index (χ2n) is 7.57. The van der Waals surface area contributed by atoms with E-state index in [2.05, 4.69) is 0 Å². The summed E-state index contributed by atoms with van der Waals surface area (Å²) in [5, 5.41) is 0. The molecule has 0 bridgehead atoms. The number of hydrogen-bond acceptors (Lipinski definition) is 4. The van der Waals surface area contributed by atoms with Gasteiger partial charge in [0.15, 0.2) is 11.6 Å². The molecule has 2 amide bonds. The van der Waals surface area contributed by atoms with Gasteiger partial charge < -0.3 is 0 Å². The zero-order valence-electron chi connectivity index (χ0n) is 16.6. The molecule has 3 rings (SSSR count). The lowest BCUT2D eigenvalue weighted by molar-refractivity contribution is -0.117. The fraction of sp³-hybridized carbons (Fsp3) is 0.391. The van der Waals surface area contributed by atoms with E-state index in [9.17, 15) is 19.2 Å². The highest BCUT2D eigenvalue weighted by atomic mass is 16.2. The van der Waals surface area contributed by atoms with Gasteiger partial charge in [-0.3, -0.25) is 24.1 Å². The van der Waals surface area contributed by atoms with Crippen LogP contribution in [0, 0.1) is 5.92 Å². The molecular formula is C23H25NO4. The molecule has 146 valence electrons. The zero-order valence-corrected chi connectivity index (χ0v) is 16.6. The Labute approximate surface area is 165 Å². The summed E-state index contributed by atoms with van der Waals surface area (Å²) in [6, 6.07) is 4.70. The first-order valence-electron chi connectivity index (χ1n) is 9.77. The lowest BCUT2D eigenvalue weighted by Crippen LogP contribution is -2.30. The average Bonchev–Trinajstić information content (AvgIpc) is 2.89. The summed E-state index contributed by atoms with van der Waals surface area (Å²) in [6.07, 6.45) is 5.90. The summed E-state index contributed by atoms with van der Waals surface area (Å²) in [7, 11) is 0. The summed E-state index contributed by atoms with van der Waals surface area (Å²) in [5.41, 5.74) is 2.97. The van der Waals surface area contributed by atoms with E-state index in [0.29, 0.717) is 29.7 Å². The van der Waals surface area contributed by atoms with E-state index in [1.807, 2.05) is 26.8 Å². The van der Waals surface area contributed by atoms with Crippen molar-refractivity contribution in [3.63, 3.8) is 0 Å². The zero-order chi connectivity index (χ0) is 20.4. The standard InChI is InChI=1S/C23H25NO4/c1-4-5-10-24-22(27)18-7-6-16(13-19(18)23(24)28)20(25)9-8-17-15(3)11-14(2)12-21(17)26/h6-7,11-13,17H,4-5,8-10H2,1-3H3. The van der Waals surface area contributed by atoms with Gasteiger partial charge in [-0.25, -0.2) is 0 Å².